The van der Waals surface area contributed by atoms with E-state index < -0.39 is 0 Å². The van der Waals surface area contributed by atoms with Crippen LogP contribution in [-0.2, 0) is 6.54 Å². The first-order chi connectivity index (χ1) is 8.54. The molecule has 0 unspecified atom stereocenters. The molecule has 0 saturated carbocycles. The lowest BCUT2D eigenvalue weighted by atomic mass is 10.2. The Morgan fingerprint density at radius 1 is 1.33 bits per heavy atom. The maximum atomic E-state index is 9.15. The zero-order chi connectivity index (χ0) is 13.5. The zero-order valence-electron chi connectivity index (χ0n) is 10.7. The van der Waals surface area contributed by atoms with Crippen molar-refractivity contribution < 1.29 is 9.84 Å². The molecule has 1 aromatic carbocycles. The van der Waals surface area contributed by atoms with Gasteiger partial charge in [0.1, 0.15) is 0 Å². The predicted octanol–water partition coefficient (Wildman–Crippen LogP) is 3.25. The topological polar surface area (TPSA) is 41.5 Å². The van der Waals surface area contributed by atoms with E-state index in [0.29, 0.717) is 35.5 Å². The van der Waals surface area contributed by atoms with E-state index in [2.05, 4.69) is 5.32 Å². The molecule has 102 valence electrons. The molecule has 3 nitrogen and oxygen atoms in total. The minimum Gasteiger partial charge on any atom is -0.490 e. The first-order valence-electron chi connectivity index (χ1n) is 6.04. The molecule has 0 saturated heterocycles. The van der Waals surface area contributed by atoms with Crippen LogP contribution in [0.15, 0.2) is 12.1 Å². The van der Waals surface area contributed by atoms with Crippen LogP contribution in [0.1, 0.15) is 25.8 Å². The molecule has 18 heavy (non-hydrogen) atoms. The van der Waals surface area contributed by atoms with Gasteiger partial charge in [0.15, 0.2) is 5.75 Å². The Hall–Kier alpha value is -0.480. The number of hydrogen-bond donors (Lipinski definition) is 2. The van der Waals surface area contributed by atoms with Gasteiger partial charge in [0.25, 0.3) is 0 Å². The average Bonchev–Trinajstić information content (AvgIpc) is 2.27. The van der Waals surface area contributed by atoms with Crippen molar-refractivity contribution in [3.8, 4) is 5.75 Å². The highest BCUT2D eigenvalue weighted by atomic mass is 35.5. The van der Waals surface area contributed by atoms with Gasteiger partial charge in [0.05, 0.1) is 22.8 Å². The average molecular weight is 292 g/mol. The van der Waals surface area contributed by atoms with Crippen LogP contribution >= 0.6 is 23.2 Å². The molecule has 5 heteroatoms. The van der Waals surface area contributed by atoms with Crippen molar-refractivity contribution in [2.24, 2.45) is 0 Å². The second-order valence-electron chi connectivity index (χ2n) is 4.22. The fraction of sp³-hybridized carbons (Fsp3) is 0.538. The summed E-state index contributed by atoms with van der Waals surface area (Å²) in [5.74, 6) is 0.541. The summed E-state index contributed by atoms with van der Waals surface area (Å²) in [6.07, 6.45) is 0.535. The molecule has 1 rings (SSSR count). The van der Waals surface area contributed by atoms with Gasteiger partial charge in [-0.05, 0) is 31.0 Å². The summed E-state index contributed by atoms with van der Waals surface area (Å²) in [4.78, 5) is 0. The van der Waals surface area contributed by atoms with Crippen LogP contribution < -0.4 is 10.1 Å². The molecule has 0 aliphatic rings. The molecule has 0 radical (unpaired) electrons. The summed E-state index contributed by atoms with van der Waals surface area (Å²) >= 11 is 12.3. The fourth-order valence-corrected chi connectivity index (χ4v) is 2.12. The van der Waals surface area contributed by atoms with Gasteiger partial charge in [-0.25, -0.2) is 0 Å². The lowest BCUT2D eigenvalue weighted by Gasteiger charge is -2.12. The minimum atomic E-state index is -0.372. The Morgan fingerprint density at radius 3 is 2.44 bits per heavy atom. The largest absolute Gasteiger partial charge is 0.490 e. The molecule has 0 aliphatic heterocycles. The quantitative estimate of drug-likeness (QED) is 0.810. The van der Waals surface area contributed by atoms with E-state index in [1.807, 2.05) is 19.1 Å². The molecule has 1 atom stereocenters. The van der Waals surface area contributed by atoms with E-state index >= 15 is 0 Å². The van der Waals surface area contributed by atoms with Crippen LogP contribution in [0.4, 0.5) is 0 Å². The van der Waals surface area contributed by atoms with E-state index in [1.165, 1.54) is 0 Å². The summed E-state index contributed by atoms with van der Waals surface area (Å²) in [6.45, 7) is 5.49. The maximum Gasteiger partial charge on any atom is 0.156 e. The molecule has 0 aromatic heterocycles. The second-order valence-corrected chi connectivity index (χ2v) is 5.03. The van der Waals surface area contributed by atoms with Crippen LogP contribution in [0.2, 0.25) is 10.0 Å². The number of aliphatic hydroxyl groups is 1. The number of hydrogen-bond acceptors (Lipinski definition) is 3. The zero-order valence-corrected chi connectivity index (χ0v) is 12.2. The summed E-state index contributed by atoms with van der Waals surface area (Å²) in [5.41, 5.74) is 0.967. The number of halogens is 2. The van der Waals surface area contributed by atoms with Crippen molar-refractivity contribution in [2.75, 3.05) is 13.2 Å². The lowest BCUT2D eigenvalue weighted by molar-refractivity contribution is 0.191. The second kappa shape index (κ2) is 7.85. The molecule has 0 heterocycles. The van der Waals surface area contributed by atoms with E-state index in [9.17, 15) is 0 Å². The molecule has 1 aromatic rings. The molecule has 0 spiro atoms. The van der Waals surface area contributed by atoms with Crippen LogP contribution in [0, 0.1) is 0 Å². The van der Waals surface area contributed by atoms with Crippen molar-refractivity contribution in [1.29, 1.82) is 0 Å². The fourth-order valence-electron chi connectivity index (χ4n) is 1.48. The molecule has 0 bridgehead atoms. The van der Waals surface area contributed by atoms with Crippen LogP contribution in [-0.4, -0.2) is 24.4 Å². The van der Waals surface area contributed by atoms with Gasteiger partial charge in [-0.3, -0.25) is 0 Å². The number of nitrogens with one attached hydrogen (secondary N) is 1. The van der Waals surface area contributed by atoms with Crippen molar-refractivity contribution in [3.05, 3.63) is 27.7 Å². The highest BCUT2D eigenvalue weighted by molar-refractivity contribution is 6.37. The third-order valence-corrected chi connectivity index (χ3v) is 2.84. The van der Waals surface area contributed by atoms with Gasteiger partial charge in [0, 0.05) is 13.1 Å². The van der Waals surface area contributed by atoms with E-state index in [1.54, 1.807) is 6.92 Å². The number of ether oxygens (including phenoxy) is 1. The predicted molar refractivity (Wildman–Crippen MR) is 75.6 cm³/mol. The van der Waals surface area contributed by atoms with Gasteiger partial charge in [-0.2, -0.15) is 0 Å². The van der Waals surface area contributed by atoms with E-state index in [-0.39, 0.29) is 6.10 Å². The number of rotatable bonds is 7. The monoisotopic (exact) mass is 291 g/mol. The van der Waals surface area contributed by atoms with Gasteiger partial charge < -0.3 is 15.2 Å². The van der Waals surface area contributed by atoms with Gasteiger partial charge in [0.2, 0.25) is 0 Å². The van der Waals surface area contributed by atoms with Crippen molar-refractivity contribution in [2.45, 2.75) is 32.9 Å². The lowest BCUT2D eigenvalue weighted by Crippen LogP contribution is -2.23. The number of benzene rings is 1. The molecular formula is C13H19Cl2NO2. The molecule has 0 amide bonds. The third-order valence-electron chi connectivity index (χ3n) is 2.28. The standard InChI is InChI=1S/C13H19Cl2NO2/c1-3-4-18-13-11(14)5-10(6-12(13)15)8-16-7-9(2)17/h5-6,9,16-17H,3-4,7-8H2,1-2H3/t9-/m1/s1. The first-order valence-corrected chi connectivity index (χ1v) is 6.79. The highest BCUT2D eigenvalue weighted by Gasteiger charge is 2.09. The molecule has 0 fully saturated rings. The summed E-state index contributed by atoms with van der Waals surface area (Å²) in [6, 6.07) is 3.65. The smallest absolute Gasteiger partial charge is 0.156 e. The Balaban J connectivity index is 2.67. The van der Waals surface area contributed by atoms with Crippen molar-refractivity contribution in [1.82, 2.24) is 5.32 Å². The van der Waals surface area contributed by atoms with E-state index in [4.69, 9.17) is 33.0 Å². The van der Waals surface area contributed by atoms with E-state index in [0.717, 1.165) is 12.0 Å². The Bertz CT molecular complexity index is 360. The van der Waals surface area contributed by atoms with Crippen LogP contribution in [0.25, 0.3) is 0 Å². The Labute approximate surface area is 118 Å². The summed E-state index contributed by atoms with van der Waals surface area (Å²) < 4.78 is 5.49. The Morgan fingerprint density at radius 2 is 1.94 bits per heavy atom. The van der Waals surface area contributed by atoms with Gasteiger partial charge >= 0.3 is 0 Å². The first kappa shape index (κ1) is 15.6. The molecule has 2 N–H and O–H groups in total. The Kier molecular flexibility index (Phi) is 6.79. The van der Waals surface area contributed by atoms with Crippen LogP contribution in [0.3, 0.4) is 0 Å². The van der Waals surface area contributed by atoms with Gasteiger partial charge in [-0.1, -0.05) is 30.1 Å². The SMILES string of the molecule is CCCOc1c(Cl)cc(CNC[C@@H](C)O)cc1Cl. The van der Waals surface area contributed by atoms with Gasteiger partial charge in [-0.15, -0.1) is 0 Å². The third kappa shape index (κ3) is 5.02. The molecular weight excluding hydrogens is 273 g/mol. The maximum absolute atomic E-state index is 9.15. The summed E-state index contributed by atoms with van der Waals surface area (Å²) in [5, 5.41) is 13.3. The van der Waals surface area contributed by atoms with Crippen molar-refractivity contribution in [3.63, 3.8) is 0 Å². The minimum absolute atomic E-state index is 0.372. The normalized spacial score (nSPS) is 12.5. The van der Waals surface area contributed by atoms with Crippen LogP contribution in [0.5, 0.6) is 5.75 Å². The van der Waals surface area contributed by atoms with Crippen molar-refractivity contribution >= 4 is 23.2 Å². The molecule has 0 aliphatic carbocycles. The highest BCUT2D eigenvalue weighted by Crippen LogP contribution is 2.34. The summed E-state index contributed by atoms with van der Waals surface area (Å²) in [7, 11) is 0. The number of aliphatic hydroxyl groups excluding tert-OH is 1.